The quantitative estimate of drug-likeness (QED) is 0.172. The standard InChI is InChI=1S/4C4H9.CH6O7P2.2Sn/c4*1-3-4-2;2-1(9(3,4)5)10(6,7)8;;/h4*1,3-4H2,2H3;1-2H,(H2,3,4,5)(H2,6,7,8);;/q;;;;;2*+2/p-4. The van der Waals surface area contributed by atoms with Crippen LogP contribution in [0.4, 0.5) is 0 Å². The summed E-state index contributed by atoms with van der Waals surface area (Å²) in [5, 5.41) is 7.95. The van der Waals surface area contributed by atoms with Crippen LogP contribution in [0.25, 0.3) is 0 Å². The summed E-state index contributed by atoms with van der Waals surface area (Å²) in [4.78, 5) is 38.5. The maximum atomic E-state index is 9.63. The molecule has 1 N–H and O–H groups in total. The minimum absolute atomic E-state index is 0.149. The van der Waals surface area contributed by atoms with Crippen molar-refractivity contribution in [3.63, 3.8) is 0 Å². The Bertz CT molecular complexity index is 355. The van der Waals surface area contributed by atoms with Crippen LogP contribution in [0.1, 0.15) is 79.1 Å². The third kappa shape index (κ3) is 30.1. The van der Waals surface area contributed by atoms with Gasteiger partial charge in [-0.25, -0.2) is 0 Å². The van der Waals surface area contributed by atoms with E-state index in [9.17, 15) is 28.7 Å². The first-order chi connectivity index (χ1) is 13.0. The van der Waals surface area contributed by atoms with E-state index in [1.54, 1.807) is 17.7 Å². The van der Waals surface area contributed by atoms with Crippen molar-refractivity contribution < 1.29 is 33.8 Å². The number of hydrogen-bond acceptors (Lipinski definition) is 7. The average Bonchev–Trinajstić information content (AvgIpc) is 2.60. The number of hydrogen-bond donors (Lipinski definition) is 1. The van der Waals surface area contributed by atoms with Gasteiger partial charge in [-0.3, -0.25) is 0 Å². The number of unbranched alkanes of at least 4 members (excludes halogenated alkanes) is 4. The zero-order valence-corrected chi connectivity index (χ0v) is 25.4. The molecular formula is C17H38O7P2Sn2. The summed E-state index contributed by atoms with van der Waals surface area (Å²) >= 11 is 0.299. The predicted octanol–water partition coefficient (Wildman–Crippen LogP) is 2.34. The van der Waals surface area contributed by atoms with Gasteiger partial charge < -0.3 is 33.8 Å². The molecule has 7 nitrogen and oxygen atoms in total. The van der Waals surface area contributed by atoms with Crippen LogP contribution in [0.5, 0.6) is 0 Å². The van der Waals surface area contributed by atoms with Crippen molar-refractivity contribution in [2.24, 2.45) is 0 Å². The molecule has 0 atom stereocenters. The van der Waals surface area contributed by atoms with Gasteiger partial charge in [-0.1, -0.05) is 0 Å². The molecular weight excluding hydrogens is 616 g/mol. The van der Waals surface area contributed by atoms with E-state index in [0.717, 1.165) is 0 Å². The first kappa shape index (κ1) is 34.5. The Morgan fingerprint density at radius 1 is 0.643 bits per heavy atom. The third-order valence-electron chi connectivity index (χ3n) is 3.39. The average molecular weight is 654 g/mol. The summed E-state index contributed by atoms with van der Waals surface area (Å²) in [6.07, 6.45) is 11.7. The Hall–Kier alpha value is 1.86. The first-order valence-electron chi connectivity index (χ1n) is 10.1. The Balaban J connectivity index is -0.000000336. The third-order valence-corrected chi connectivity index (χ3v) is 14.3. The minimum atomic E-state index is -5.71. The fraction of sp³-hybridized carbons (Fsp3) is 1.00. The summed E-state index contributed by atoms with van der Waals surface area (Å²) in [5.74, 6) is 0. The van der Waals surface area contributed by atoms with E-state index in [-0.39, 0.29) is 42.3 Å². The topological polar surface area (TPSA) is 147 Å². The smallest absolute Gasteiger partial charge is 0.107 e. The maximum absolute atomic E-state index is 9.63. The second kappa shape index (κ2) is 23.5. The van der Waals surface area contributed by atoms with E-state index in [0.29, 0.717) is 0 Å². The molecule has 0 aromatic heterocycles. The van der Waals surface area contributed by atoms with E-state index in [2.05, 4.69) is 27.7 Å². The summed E-state index contributed by atoms with van der Waals surface area (Å²) in [6, 6.07) is 0. The van der Waals surface area contributed by atoms with Crippen LogP contribution in [0.15, 0.2) is 0 Å². The van der Waals surface area contributed by atoms with Gasteiger partial charge in [0, 0.05) is 0 Å². The number of aliphatic hydroxyl groups is 1. The normalized spacial score (nSPS) is 10.9. The van der Waals surface area contributed by atoms with Crippen LogP contribution in [0.3, 0.4) is 0 Å². The van der Waals surface area contributed by atoms with E-state index >= 15 is 0 Å². The van der Waals surface area contributed by atoms with Crippen molar-refractivity contribution in [2.75, 3.05) is 0 Å². The van der Waals surface area contributed by atoms with Gasteiger partial charge in [-0.2, -0.15) is 0 Å². The van der Waals surface area contributed by atoms with E-state index in [1.165, 1.54) is 51.4 Å². The molecule has 0 aromatic carbocycles. The van der Waals surface area contributed by atoms with Crippen molar-refractivity contribution in [3.8, 4) is 0 Å². The zero-order valence-electron chi connectivity index (χ0n) is 17.9. The Labute approximate surface area is 192 Å². The van der Waals surface area contributed by atoms with Crippen molar-refractivity contribution in [2.45, 2.75) is 102 Å². The molecule has 0 radical (unpaired) electrons. The van der Waals surface area contributed by atoms with Gasteiger partial charge in [0.25, 0.3) is 0 Å². The Morgan fingerprint density at radius 2 is 0.857 bits per heavy atom. The SMILES string of the molecule is CCC[CH2][Sn+2][CH2]CCC.CCC[CH2][Sn+2][CH2]CCC.O=P([O-])([O-])C(O)P(=O)([O-])[O-]. The minimum Gasteiger partial charge on any atom is -0.809 e. The van der Waals surface area contributed by atoms with E-state index < -0.39 is 20.8 Å². The largest absolute Gasteiger partial charge is 0.809 e. The predicted molar refractivity (Wildman–Crippen MR) is 112 cm³/mol. The van der Waals surface area contributed by atoms with E-state index in [4.69, 9.17) is 5.11 Å². The summed E-state index contributed by atoms with van der Waals surface area (Å²) in [5.41, 5.74) is -3.35. The molecule has 0 heterocycles. The van der Waals surface area contributed by atoms with Crippen molar-refractivity contribution in [1.82, 2.24) is 0 Å². The van der Waals surface area contributed by atoms with Crippen molar-refractivity contribution >= 4 is 57.5 Å². The van der Waals surface area contributed by atoms with Crippen LogP contribution < -0.4 is 19.6 Å². The van der Waals surface area contributed by atoms with Crippen LogP contribution in [0, 0.1) is 0 Å². The fourth-order valence-electron chi connectivity index (χ4n) is 1.63. The van der Waals surface area contributed by atoms with E-state index in [1.807, 2.05) is 0 Å². The molecule has 0 amide bonds. The summed E-state index contributed by atoms with van der Waals surface area (Å²) < 4.78 is 25.8. The summed E-state index contributed by atoms with van der Waals surface area (Å²) in [7, 11) is -11.4. The Morgan fingerprint density at radius 3 is 0.964 bits per heavy atom. The van der Waals surface area contributed by atoms with Gasteiger partial charge >= 0.3 is 139 Å². The molecule has 0 aliphatic carbocycles. The first-order valence-corrected chi connectivity index (χ1v) is 21.4. The molecule has 0 saturated carbocycles. The molecule has 28 heavy (non-hydrogen) atoms. The molecule has 0 unspecified atom stereocenters. The van der Waals surface area contributed by atoms with Gasteiger partial charge in [-0.05, 0) is 15.2 Å². The van der Waals surface area contributed by atoms with Gasteiger partial charge in [0.05, 0.1) is 0 Å². The van der Waals surface area contributed by atoms with Crippen LogP contribution in [0.2, 0.25) is 17.7 Å². The molecule has 0 bridgehead atoms. The zero-order chi connectivity index (χ0) is 22.5. The van der Waals surface area contributed by atoms with Crippen molar-refractivity contribution in [1.29, 1.82) is 0 Å². The molecule has 0 rings (SSSR count). The monoisotopic (exact) mass is 656 g/mol. The second-order valence-corrected chi connectivity index (χ2v) is 18.4. The molecule has 0 saturated heterocycles. The molecule has 166 valence electrons. The van der Waals surface area contributed by atoms with Crippen molar-refractivity contribution in [3.05, 3.63) is 0 Å². The van der Waals surface area contributed by atoms with Gasteiger partial charge in [0.1, 0.15) is 5.59 Å². The van der Waals surface area contributed by atoms with Gasteiger partial charge in [0.2, 0.25) is 0 Å². The molecule has 11 heteroatoms. The second-order valence-electron chi connectivity index (χ2n) is 6.34. The molecule has 0 fully saturated rings. The van der Waals surface area contributed by atoms with Crippen LogP contribution in [-0.2, 0) is 9.13 Å². The van der Waals surface area contributed by atoms with Crippen LogP contribution in [-0.4, -0.2) is 53.0 Å². The van der Waals surface area contributed by atoms with Gasteiger partial charge in [0.15, 0.2) is 0 Å². The molecule has 0 aliphatic rings. The maximum Gasteiger partial charge on any atom is 0.107 e. The molecule has 0 spiro atoms. The van der Waals surface area contributed by atoms with Gasteiger partial charge in [-0.15, -0.1) is 0 Å². The number of aliphatic hydroxyl groups excluding tert-OH is 1. The Kier molecular flexibility index (Phi) is 29.0. The fourth-order valence-corrected chi connectivity index (χ4v) is 11.3. The molecule has 0 aromatic rings. The van der Waals surface area contributed by atoms with Crippen LogP contribution >= 0.6 is 15.2 Å². The molecule has 0 aliphatic heterocycles. The summed E-state index contributed by atoms with van der Waals surface area (Å²) in [6.45, 7) is 9.16. The number of rotatable bonds is 14.